The number of aliphatic hydroxyl groups is 1. The molecule has 0 aromatic carbocycles. The summed E-state index contributed by atoms with van der Waals surface area (Å²) in [5, 5.41) is 10.2. The van der Waals surface area contributed by atoms with Crippen LogP contribution in [0.2, 0.25) is 0 Å². The second-order valence-electron chi connectivity index (χ2n) is 4.59. The predicted octanol–water partition coefficient (Wildman–Crippen LogP) is 4.25. The van der Waals surface area contributed by atoms with Gasteiger partial charge in [0.05, 0.1) is 0 Å². The van der Waals surface area contributed by atoms with E-state index in [4.69, 9.17) is 0 Å². The Balaban J connectivity index is 2.12. The van der Waals surface area contributed by atoms with Gasteiger partial charge in [0.2, 0.25) is 0 Å². The molecule has 0 heterocycles. The summed E-state index contributed by atoms with van der Waals surface area (Å²) in [5.74, 6) is 0.921. The van der Waals surface area contributed by atoms with E-state index in [1.165, 1.54) is 5.57 Å². The van der Waals surface area contributed by atoms with Crippen LogP contribution in [0.1, 0.15) is 13.8 Å². The average molecular weight is 226 g/mol. The molecule has 0 amide bonds. The van der Waals surface area contributed by atoms with E-state index < -0.39 is 0 Å². The summed E-state index contributed by atoms with van der Waals surface area (Å²) in [6.07, 6.45) is 18.2. The maximum Gasteiger partial charge on any atom is 0.103 e. The quantitative estimate of drug-likeness (QED) is 0.713. The normalized spacial score (nSPS) is 20.1. The smallest absolute Gasteiger partial charge is 0.103 e. The van der Waals surface area contributed by atoms with E-state index in [9.17, 15) is 5.11 Å². The summed E-state index contributed by atoms with van der Waals surface area (Å²) in [5.41, 5.74) is 2.15. The third-order valence-electron chi connectivity index (χ3n) is 3.32. The lowest BCUT2D eigenvalue weighted by Gasteiger charge is -2.17. The highest BCUT2D eigenvalue weighted by atomic mass is 16.3. The lowest BCUT2D eigenvalue weighted by atomic mass is 9.90. The van der Waals surface area contributed by atoms with E-state index in [1.807, 2.05) is 36.5 Å². The zero-order valence-corrected chi connectivity index (χ0v) is 10.3. The van der Waals surface area contributed by atoms with Gasteiger partial charge in [-0.2, -0.15) is 0 Å². The summed E-state index contributed by atoms with van der Waals surface area (Å²) >= 11 is 0. The topological polar surface area (TPSA) is 20.2 Å². The van der Waals surface area contributed by atoms with E-state index in [-0.39, 0.29) is 5.92 Å². The molecule has 0 spiro atoms. The van der Waals surface area contributed by atoms with Crippen LogP contribution < -0.4 is 0 Å². The van der Waals surface area contributed by atoms with E-state index >= 15 is 0 Å². The van der Waals surface area contributed by atoms with Crippen LogP contribution in [0.25, 0.3) is 0 Å². The molecular formula is C16H18O. The van der Waals surface area contributed by atoms with Gasteiger partial charge in [-0.25, -0.2) is 0 Å². The third-order valence-corrected chi connectivity index (χ3v) is 3.32. The number of hydrogen-bond donors (Lipinski definition) is 1. The van der Waals surface area contributed by atoms with Crippen LogP contribution in [-0.2, 0) is 0 Å². The molecule has 17 heavy (non-hydrogen) atoms. The van der Waals surface area contributed by atoms with E-state index in [0.29, 0.717) is 11.7 Å². The summed E-state index contributed by atoms with van der Waals surface area (Å²) in [7, 11) is 0. The highest BCUT2D eigenvalue weighted by molar-refractivity contribution is 5.43. The molecule has 2 aliphatic rings. The highest BCUT2D eigenvalue weighted by Crippen LogP contribution is 2.26. The summed E-state index contributed by atoms with van der Waals surface area (Å²) < 4.78 is 0. The van der Waals surface area contributed by atoms with Crippen LogP contribution in [-0.4, -0.2) is 5.11 Å². The molecule has 0 aromatic heterocycles. The Morgan fingerprint density at radius 2 is 1.53 bits per heavy atom. The lowest BCUT2D eigenvalue weighted by Crippen LogP contribution is -2.10. The molecule has 2 rings (SSSR count). The van der Waals surface area contributed by atoms with Gasteiger partial charge in [-0.1, -0.05) is 68.5 Å². The first-order valence-electron chi connectivity index (χ1n) is 6.03. The Kier molecular flexibility index (Phi) is 3.48. The van der Waals surface area contributed by atoms with Crippen molar-refractivity contribution in [2.24, 2.45) is 11.8 Å². The average Bonchev–Trinajstić information content (AvgIpc) is 2.99. The Morgan fingerprint density at radius 3 is 2.12 bits per heavy atom. The van der Waals surface area contributed by atoms with Crippen molar-refractivity contribution in [1.82, 2.24) is 0 Å². The zero-order valence-electron chi connectivity index (χ0n) is 10.3. The SMILES string of the molecule is CC(C=C1C=CC=C1)C(C)C(O)=C1C=CC=C1. The van der Waals surface area contributed by atoms with Crippen LogP contribution >= 0.6 is 0 Å². The largest absolute Gasteiger partial charge is 0.511 e. The van der Waals surface area contributed by atoms with Gasteiger partial charge in [-0.05, 0) is 11.5 Å². The van der Waals surface area contributed by atoms with Crippen molar-refractivity contribution in [2.75, 3.05) is 0 Å². The second-order valence-corrected chi connectivity index (χ2v) is 4.59. The molecule has 0 saturated heterocycles. The van der Waals surface area contributed by atoms with Gasteiger partial charge < -0.3 is 5.11 Å². The van der Waals surface area contributed by atoms with E-state index in [1.54, 1.807) is 0 Å². The Labute approximate surface area is 103 Å². The standard InChI is InChI=1S/C16H18O/c1-12(11-14-7-3-4-8-14)13(2)16(17)15-9-5-6-10-15/h3-13,17H,1-2H3. The van der Waals surface area contributed by atoms with Crippen molar-refractivity contribution in [3.63, 3.8) is 0 Å². The molecule has 0 bridgehead atoms. The fourth-order valence-corrected chi connectivity index (χ4v) is 2.00. The van der Waals surface area contributed by atoms with Crippen LogP contribution in [0, 0.1) is 11.8 Å². The first kappa shape index (κ1) is 11.7. The van der Waals surface area contributed by atoms with Gasteiger partial charge in [0.25, 0.3) is 0 Å². The van der Waals surface area contributed by atoms with Gasteiger partial charge in [-0.15, -0.1) is 0 Å². The van der Waals surface area contributed by atoms with Crippen molar-refractivity contribution in [1.29, 1.82) is 0 Å². The van der Waals surface area contributed by atoms with E-state index in [2.05, 4.69) is 32.1 Å². The summed E-state index contributed by atoms with van der Waals surface area (Å²) in [6, 6.07) is 0. The molecule has 0 saturated carbocycles. The molecule has 0 radical (unpaired) electrons. The Morgan fingerprint density at radius 1 is 1.00 bits per heavy atom. The van der Waals surface area contributed by atoms with E-state index in [0.717, 1.165) is 5.57 Å². The van der Waals surface area contributed by atoms with Crippen LogP contribution in [0.3, 0.4) is 0 Å². The Hall–Kier alpha value is -1.76. The molecule has 0 aromatic rings. The lowest BCUT2D eigenvalue weighted by molar-refractivity contribution is 0.307. The van der Waals surface area contributed by atoms with Gasteiger partial charge >= 0.3 is 0 Å². The molecule has 2 aliphatic carbocycles. The highest BCUT2D eigenvalue weighted by Gasteiger charge is 2.17. The second kappa shape index (κ2) is 5.05. The fourth-order valence-electron chi connectivity index (χ4n) is 2.00. The number of hydrogen-bond acceptors (Lipinski definition) is 1. The first-order valence-corrected chi connectivity index (χ1v) is 6.03. The van der Waals surface area contributed by atoms with Gasteiger partial charge in [-0.3, -0.25) is 0 Å². The number of aliphatic hydroxyl groups excluding tert-OH is 1. The van der Waals surface area contributed by atoms with Gasteiger partial charge in [0, 0.05) is 11.5 Å². The fraction of sp³-hybridized carbons (Fsp3) is 0.250. The molecule has 2 atom stereocenters. The molecule has 1 N–H and O–H groups in total. The van der Waals surface area contributed by atoms with Crippen molar-refractivity contribution in [3.05, 3.63) is 71.6 Å². The molecular weight excluding hydrogens is 208 g/mol. The maximum atomic E-state index is 10.2. The minimum absolute atomic E-state index is 0.132. The summed E-state index contributed by atoms with van der Waals surface area (Å²) in [6.45, 7) is 4.20. The van der Waals surface area contributed by atoms with Crippen molar-refractivity contribution in [3.8, 4) is 0 Å². The Bertz CT molecular complexity index is 442. The monoisotopic (exact) mass is 226 g/mol. The number of rotatable bonds is 3. The van der Waals surface area contributed by atoms with Gasteiger partial charge in [0.1, 0.15) is 5.76 Å². The predicted molar refractivity (Wildman–Crippen MR) is 72.6 cm³/mol. The zero-order chi connectivity index (χ0) is 12.3. The van der Waals surface area contributed by atoms with Crippen LogP contribution in [0.5, 0.6) is 0 Å². The third kappa shape index (κ3) is 2.68. The summed E-state index contributed by atoms with van der Waals surface area (Å²) in [4.78, 5) is 0. The minimum Gasteiger partial charge on any atom is -0.511 e. The maximum absolute atomic E-state index is 10.2. The van der Waals surface area contributed by atoms with Crippen molar-refractivity contribution in [2.45, 2.75) is 13.8 Å². The number of allylic oxidation sites excluding steroid dienone is 12. The van der Waals surface area contributed by atoms with Crippen molar-refractivity contribution < 1.29 is 5.11 Å². The molecule has 0 aliphatic heterocycles. The van der Waals surface area contributed by atoms with Crippen LogP contribution in [0.15, 0.2) is 71.6 Å². The van der Waals surface area contributed by atoms with Gasteiger partial charge in [0.15, 0.2) is 0 Å². The molecule has 1 heteroatoms. The van der Waals surface area contributed by atoms with Crippen LogP contribution in [0.4, 0.5) is 0 Å². The molecule has 2 unspecified atom stereocenters. The van der Waals surface area contributed by atoms with Crippen molar-refractivity contribution >= 4 is 0 Å². The molecule has 1 nitrogen and oxygen atoms in total. The molecule has 0 fully saturated rings. The first-order chi connectivity index (χ1) is 8.18. The molecule has 88 valence electrons. The minimum atomic E-state index is 0.132.